The van der Waals surface area contributed by atoms with E-state index in [2.05, 4.69) is 5.29 Å². The van der Waals surface area contributed by atoms with Crippen LogP contribution in [0.4, 0.5) is 0 Å². The topological polar surface area (TPSA) is 49.7 Å². The number of hydrogen-bond donors (Lipinski definition) is 0. The molecule has 4 heteroatoms. The molecule has 0 fully saturated rings. The molecule has 0 saturated heterocycles. The second kappa shape index (κ2) is 4.35. The van der Waals surface area contributed by atoms with E-state index in [-0.39, 0.29) is 12.5 Å². The third kappa shape index (κ3) is 2.66. The molecule has 68 valence electrons. The van der Waals surface area contributed by atoms with Crippen LogP contribution in [0.3, 0.4) is 0 Å². The lowest BCUT2D eigenvalue weighted by Gasteiger charge is -2.09. The molecule has 1 rings (SSSR count). The van der Waals surface area contributed by atoms with Crippen LogP contribution in [0.25, 0.3) is 0 Å². The molecule has 0 aromatic heterocycles. The highest BCUT2D eigenvalue weighted by atomic mass is 16.3. The number of rotatable bonds is 3. The van der Waals surface area contributed by atoms with Gasteiger partial charge in [-0.2, -0.15) is 5.01 Å². The van der Waals surface area contributed by atoms with Crippen molar-refractivity contribution in [1.29, 1.82) is 0 Å². The van der Waals surface area contributed by atoms with E-state index in [0.29, 0.717) is 0 Å². The summed E-state index contributed by atoms with van der Waals surface area (Å²) < 4.78 is 0. The smallest absolute Gasteiger partial charge is 0.242 e. The Hall–Kier alpha value is -1.71. The molecule has 0 aliphatic rings. The lowest BCUT2D eigenvalue weighted by molar-refractivity contribution is -0.129. The second-order valence-electron chi connectivity index (χ2n) is 2.64. The third-order valence-corrected chi connectivity index (χ3v) is 1.64. The molecule has 1 aromatic rings. The summed E-state index contributed by atoms with van der Waals surface area (Å²) >= 11 is 0. The molecule has 0 radical (unpaired) electrons. The first kappa shape index (κ1) is 9.38. The molecule has 0 aliphatic heterocycles. The van der Waals surface area contributed by atoms with Crippen LogP contribution in [-0.2, 0) is 11.3 Å². The molecule has 1 aromatic carbocycles. The highest BCUT2D eigenvalue weighted by Crippen LogP contribution is 2.04. The van der Waals surface area contributed by atoms with E-state index in [4.69, 9.17) is 0 Å². The maximum Gasteiger partial charge on any atom is 0.242 e. The number of nitroso groups, excluding NO2 is 1. The van der Waals surface area contributed by atoms with Gasteiger partial charge in [-0.1, -0.05) is 30.3 Å². The summed E-state index contributed by atoms with van der Waals surface area (Å²) in [5, 5.41) is 3.50. The first-order valence-corrected chi connectivity index (χ1v) is 3.89. The van der Waals surface area contributed by atoms with Gasteiger partial charge < -0.3 is 0 Å². The Bertz CT molecular complexity index is 298. The number of carbonyl (C=O) groups excluding carboxylic acids is 1. The number of nitrogens with zero attached hydrogens (tertiary/aromatic N) is 2. The minimum Gasteiger partial charge on any atom is -0.273 e. The quantitative estimate of drug-likeness (QED) is 0.522. The van der Waals surface area contributed by atoms with Crippen LogP contribution in [0.15, 0.2) is 35.6 Å². The molecule has 1 amide bonds. The van der Waals surface area contributed by atoms with Crippen LogP contribution in [0.5, 0.6) is 0 Å². The molecule has 0 atom stereocenters. The summed E-state index contributed by atoms with van der Waals surface area (Å²) in [7, 11) is 0. The van der Waals surface area contributed by atoms with Crippen LogP contribution in [-0.4, -0.2) is 10.9 Å². The maximum atomic E-state index is 10.8. The van der Waals surface area contributed by atoms with Crippen molar-refractivity contribution in [3.8, 4) is 0 Å². The van der Waals surface area contributed by atoms with Crippen molar-refractivity contribution >= 4 is 5.91 Å². The van der Waals surface area contributed by atoms with Gasteiger partial charge in [-0.25, -0.2) is 0 Å². The zero-order chi connectivity index (χ0) is 9.68. The van der Waals surface area contributed by atoms with Gasteiger partial charge in [0, 0.05) is 6.92 Å². The van der Waals surface area contributed by atoms with Crippen molar-refractivity contribution in [2.24, 2.45) is 5.29 Å². The number of benzene rings is 1. The number of hydrogen-bond acceptors (Lipinski definition) is 3. The zero-order valence-electron chi connectivity index (χ0n) is 7.30. The van der Waals surface area contributed by atoms with E-state index in [1.54, 1.807) is 0 Å². The fourth-order valence-corrected chi connectivity index (χ4v) is 0.954. The Balaban J connectivity index is 2.67. The van der Waals surface area contributed by atoms with E-state index < -0.39 is 0 Å². The van der Waals surface area contributed by atoms with Gasteiger partial charge >= 0.3 is 0 Å². The van der Waals surface area contributed by atoms with Gasteiger partial charge in [-0.05, 0) is 5.56 Å². The largest absolute Gasteiger partial charge is 0.273 e. The normalized spacial score (nSPS) is 9.31. The van der Waals surface area contributed by atoms with Crippen molar-refractivity contribution in [2.75, 3.05) is 0 Å². The Labute approximate surface area is 76.1 Å². The minimum absolute atomic E-state index is 0.236. The highest BCUT2D eigenvalue weighted by molar-refractivity contribution is 5.72. The van der Waals surface area contributed by atoms with E-state index in [9.17, 15) is 9.70 Å². The summed E-state index contributed by atoms with van der Waals surface area (Å²) in [5.74, 6) is -0.348. The molecular formula is C9H10N2O2. The Kier molecular flexibility index (Phi) is 3.14. The van der Waals surface area contributed by atoms with Crippen molar-refractivity contribution in [3.63, 3.8) is 0 Å². The Morgan fingerprint density at radius 3 is 2.46 bits per heavy atom. The van der Waals surface area contributed by atoms with E-state index >= 15 is 0 Å². The number of amides is 1. The molecular weight excluding hydrogens is 168 g/mol. The van der Waals surface area contributed by atoms with Gasteiger partial charge in [0.15, 0.2) is 0 Å². The van der Waals surface area contributed by atoms with Gasteiger partial charge in [-0.15, -0.1) is 4.91 Å². The maximum absolute atomic E-state index is 10.8. The molecule has 0 bridgehead atoms. The first-order chi connectivity index (χ1) is 6.24. The molecule has 0 heterocycles. The summed E-state index contributed by atoms with van der Waals surface area (Å²) in [4.78, 5) is 21.0. The lowest BCUT2D eigenvalue weighted by Crippen LogP contribution is -2.21. The Morgan fingerprint density at radius 1 is 1.38 bits per heavy atom. The molecule has 4 nitrogen and oxygen atoms in total. The molecule has 0 unspecified atom stereocenters. The van der Waals surface area contributed by atoms with Gasteiger partial charge in [0.05, 0.1) is 11.8 Å². The zero-order valence-corrected chi connectivity index (χ0v) is 7.30. The van der Waals surface area contributed by atoms with Crippen LogP contribution in [0.2, 0.25) is 0 Å². The van der Waals surface area contributed by atoms with Crippen molar-refractivity contribution in [2.45, 2.75) is 13.5 Å². The fraction of sp³-hybridized carbons (Fsp3) is 0.222. The Morgan fingerprint density at radius 2 is 2.00 bits per heavy atom. The van der Waals surface area contributed by atoms with Crippen molar-refractivity contribution < 1.29 is 4.79 Å². The molecule has 13 heavy (non-hydrogen) atoms. The average Bonchev–Trinajstić information content (AvgIpc) is 2.15. The summed E-state index contributed by atoms with van der Waals surface area (Å²) in [6.45, 7) is 1.55. The van der Waals surface area contributed by atoms with Crippen LogP contribution in [0.1, 0.15) is 12.5 Å². The lowest BCUT2D eigenvalue weighted by atomic mass is 10.2. The van der Waals surface area contributed by atoms with E-state index in [1.165, 1.54) is 6.92 Å². The van der Waals surface area contributed by atoms with Crippen LogP contribution >= 0.6 is 0 Å². The standard InChI is InChI=1S/C9H10N2O2/c1-8(12)11(10-13)7-9-5-3-2-4-6-9/h2-6H,7H2,1H3. The summed E-state index contributed by atoms with van der Waals surface area (Å²) in [5.41, 5.74) is 0.886. The highest BCUT2D eigenvalue weighted by Gasteiger charge is 2.08. The van der Waals surface area contributed by atoms with Gasteiger partial charge in [0.1, 0.15) is 0 Å². The third-order valence-electron chi connectivity index (χ3n) is 1.64. The van der Waals surface area contributed by atoms with Gasteiger partial charge in [0.25, 0.3) is 0 Å². The second-order valence-corrected chi connectivity index (χ2v) is 2.64. The molecule has 0 spiro atoms. The fourth-order valence-electron chi connectivity index (χ4n) is 0.954. The average molecular weight is 178 g/mol. The van der Waals surface area contributed by atoms with Crippen LogP contribution < -0.4 is 0 Å². The van der Waals surface area contributed by atoms with Crippen molar-refractivity contribution in [3.05, 3.63) is 40.8 Å². The van der Waals surface area contributed by atoms with Crippen molar-refractivity contribution in [1.82, 2.24) is 5.01 Å². The summed E-state index contributed by atoms with van der Waals surface area (Å²) in [6, 6.07) is 9.23. The van der Waals surface area contributed by atoms with Crippen LogP contribution in [0, 0.1) is 4.91 Å². The molecule has 0 saturated carbocycles. The first-order valence-electron chi connectivity index (χ1n) is 3.89. The molecule has 0 aliphatic carbocycles. The van der Waals surface area contributed by atoms with Gasteiger partial charge in [0.2, 0.25) is 5.91 Å². The van der Waals surface area contributed by atoms with Gasteiger partial charge in [-0.3, -0.25) is 4.79 Å². The number of carbonyl (C=O) groups is 1. The minimum atomic E-state index is -0.348. The van der Waals surface area contributed by atoms with E-state index in [0.717, 1.165) is 10.6 Å². The predicted octanol–water partition coefficient (Wildman–Crippen LogP) is 1.72. The molecule has 0 N–H and O–H groups in total. The summed E-state index contributed by atoms with van der Waals surface area (Å²) in [6.07, 6.45) is 0. The monoisotopic (exact) mass is 178 g/mol. The predicted molar refractivity (Wildman–Crippen MR) is 48.5 cm³/mol. The SMILES string of the molecule is CC(=O)N(Cc1ccccc1)N=O. The van der Waals surface area contributed by atoms with E-state index in [1.807, 2.05) is 30.3 Å².